The summed E-state index contributed by atoms with van der Waals surface area (Å²) in [6, 6.07) is 8.79. The first-order valence-electron chi connectivity index (χ1n) is 8.90. The zero-order valence-electron chi connectivity index (χ0n) is 16.0. The molecule has 0 aromatic heterocycles. The van der Waals surface area contributed by atoms with Crippen molar-refractivity contribution in [3.8, 4) is 0 Å². The predicted molar refractivity (Wildman–Crippen MR) is 114 cm³/mol. The predicted octanol–water partition coefficient (Wildman–Crippen LogP) is 5.98. The van der Waals surface area contributed by atoms with E-state index >= 15 is 0 Å². The van der Waals surface area contributed by atoms with Crippen molar-refractivity contribution >= 4 is 46.3 Å². The molecule has 5 nitrogen and oxygen atoms in total. The fourth-order valence-corrected chi connectivity index (χ4v) is 3.89. The largest absolute Gasteiger partial charge is 0.503 e. The first kappa shape index (κ1) is 20.9. The molecule has 1 heterocycles. The molecule has 1 aliphatic heterocycles. The van der Waals surface area contributed by atoms with Gasteiger partial charge in [-0.1, -0.05) is 43.1 Å². The molecule has 1 amide bonds. The van der Waals surface area contributed by atoms with Gasteiger partial charge in [-0.3, -0.25) is 14.5 Å². The van der Waals surface area contributed by atoms with Crippen LogP contribution in [-0.4, -0.2) is 16.8 Å². The molecule has 148 valence electrons. The molecule has 0 spiro atoms. The highest BCUT2D eigenvalue weighted by atomic mass is 35.5. The molecular formula is C22H18Cl2N2O3. The summed E-state index contributed by atoms with van der Waals surface area (Å²) in [7, 11) is 0. The van der Waals surface area contributed by atoms with Crippen molar-refractivity contribution in [2.45, 2.75) is 26.8 Å². The van der Waals surface area contributed by atoms with E-state index in [9.17, 15) is 14.7 Å². The van der Waals surface area contributed by atoms with Crippen molar-refractivity contribution in [1.82, 2.24) is 0 Å². The van der Waals surface area contributed by atoms with Crippen LogP contribution < -0.4 is 4.90 Å². The zero-order chi connectivity index (χ0) is 21.5. The van der Waals surface area contributed by atoms with Crippen molar-refractivity contribution in [2.24, 2.45) is 5.92 Å². The van der Waals surface area contributed by atoms with Gasteiger partial charge in [0.1, 0.15) is 0 Å². The van der Waals surface area contributed by atoms with Crippen LogP contribution in [0.25, 0.3) is 4.85 Å². The lowest BCUT2D eigenvalue weighted by Gasteiger charge is -2.29. The molecule has 1 N–H and O–H groups in total. The number of ketones is 1. The molecule has 1 aliphatic rings. The number of aryl methyl sites for hydroxylation is 1. The lowest BCUT2D eigenvalue weighted by Crippen LogP contribution is -2.31. The molecule has 0 saturated carbocycles. The van der Waals surface area contributed by atoms with Crippen LogP contribution in [0.3, 0.4) is 0 Å². The molecule has 0 bridgehead atoms. The number of Topliss-reactive ketones (excluding diaryl/α,β-unsaturated/α-hetero) is 1. The number of aliphatic hydroxyl groups excluding tert-OH is 1. The van der Waals surface area contributed by atoms with Gasteiger partial charge < -0.3 is 5.11 Å². The molecule has 0 fully saturated rings. The Kier molecular flexibility index (Phi) is 5.70. The molecule has 3 rings (SSSR count). The summed E-state index contributed by atoms with van der Waals surface area (Å²) >= 11 is 12.2. The number of carbonyl (C=O) groups excluding carboxylic acids is 2. The second-order valence-corrected chi connectivity index (χ2v) is 8.01. The van der Waals surface area contributed by atoms with Gasteiger partial charge >= 0.3 is 0 Å². The molecule has 0 saturated heterocycles. The molecule has 2 aromatic carbocycles. The van der Waals surface area contributed by atoms with Crippen LogP contribution in [0.5, 0.6) is 0 Å². The number of benzene rings is 2. The lowest BCUT2D eigenvalue weighted by molar-refractivity contribution is -0.119. The van der Waals surface area contributed by atoms with Gasteiger partial charge in [0.2, 0.25) is 0 Å². The number of anilines is 1. The summed E-state index contributed by atoms with van der Waals surface area (Å²) in [4.78, 5) is 30.7. The maximum atomic E-state index is 13.0. The highest BCUT2D eigenvalue weighted by molar-refractivity contribution is 6.31. The van der Waals surface area contributed by atoms with Crippen molar-refractivity contribution in [3.05, 3.63) is 80.3 Å². The third-order valence-electron chi connectivity index (χ3n) is 4.80. The molecule has 1 atom stereocenters. The van der Waals surface area contributed by atoms with Gasteiger partial charge in [0.15, 0.2) is 17.2 Å². The van der Waals surface area contributed by atoms with Gasteiger partial charge in [0.25, 0.3) is 5.91 Å². The molecule has 1 unspecified atom stereocenters. The van der Waals surface area contributed by atoms with E-state index in [1.807, 2.05) is 6.92 Å². The Bertz CT molecular complexity index is 1100. The number of hydrogen-bond acceptors (Lipinski definition) is 3. The van der Waals surface area contributed by atoms with E-state index in [-0.39, 0.29) is 22.1 Å². The van der Waals surface area contributed by atoms with E-state index in [2.05, 4.69) is 4.85 Å². The minimum absolute atomic E-state index is 0.0276. The first-order chi connectivity index (χ1) is 13.6. The van der Waals surface area contributed by atoms with Crippen LogP contribution in [-0.2, 0) is 9.59 Å². The Morgan fingerprint density at radius 3 is 2.45 bits per heavy atom. The summed E-state index contributed by atoms with van der Waals surface area (Å²) in [5, 5.41) is 11.4. The first-order valence-corrected chi connectivity index (χ1v) is 9.66. The molecule has 0 aliphatic carbocycles. The number of aliphatic hydroxyl groups is 1. The fraction of sp³-hybridized carbons (Fsp3) is 0.227. The van der Waals surface area contributed by atoms with Gasteiger partial charge in [0.05, 0.1) is 18.2 Å². The van der Waals surface area contributed by atoms with Crippen LogP contribution in [0, 0.1) is 19.4 Å². The number of hydrogen-bond donors (Lipinski definition) is 1. The van der Waals surface area contributed by atoms with Gasteiger partial charge in [0, 0.05) is 21.7 Å². The maximum absolute atomic E-state index is 13.0. The standard InChI is InChI=1S/C22H18Cl2N2O3/c1-11(2)20(27)18-19(17-6-5-13(23)7-12(17)3)26(22(29)21(18)28)16-9-14(24)8-15(10-16)25-4/h5-11,19,28H,1-3H3. The summed E-state index contributed by atoms with van der Waals surface area (Å²) in [5.41, 5.74) is 2.01. The average molecular weight is 429 g/mol. The van der Waals surface area contributed by atoms with Crippen LogP contribution in [0.2, 0.25) is 10.0 Å². The summed E-state index contributed by atoms with van der Waals surface area (Å²) in [6.07, 6.45) is 0. The average Bonchev–Trinajstić information content (AvgIpc) is 2.91. The summed E-state index contributed by atoms with van der Waals surface area (Å²) in [5.74, 6) is -2.06. The monoisotopic (exact) mass is 428 g/mol. The Morgan fingerprint density at radius 2 is 1.86 bits per heavy atom. The normalized spacial score (nSPS) is 16.5. The summed E-state index contributed by atoms with van der Waals surface area (Å²) < 4.78 is 0. The third-order valence-corrected chi connectivity index (χ3v) is 5.25. The maximum Gasteiger partial charge on any atom is 0.294 e. The minimum Gasteiger partial charge on any atom is -0.503 e. The quantitative estimate of drug-likeness (QED) is 0.609. The number of nitrogens with zero attached hydrogens (tertiary/aromatic N) is 2. The highest BCUT2D eigenvalue weighted by Crippen LogP contribution is 2.44. The Labute approximate surface area is 179 Å². The smallest absolute Gasteiger partial charge is 0.294 e. The van der Waals surface area contributed by atoms with E-state index < -0.39 is 23.6 Å². The van der Waals surface area contributed by atoms with Crippen LogP contribution in [0.4, 0.5) is 11.4 Å². The number of halogens is 2. The number of rotatable bonds is 4. The van der Waals surface area contributed by atoms with Crippen molar-refractivity contribution in [2.75, 3.05) is 4.90 Å². The van der Waals surface area contributed by atoms with E-state index in [1.165, 1.54) is 23.1 Å². The Balaban J connectivity index is 2.28. The SMILES string of the molecule is [C-]#[N+]c1cc(Cl)cc(N2C(=O)C(O)=C(C(=O)C(C)C)C2c2ccc(Cl)cc2C)c1. The van der Waals surface area contributed by atoms with Gasteiger partial charge in [-0.15, -0.1) is 0 Å². The molecule has 0 radical (unpaired) electrons. The van der Waals surface area contributed by atoms with Gasteiger partial charge in [-0.05, 0) is 48.4 Å². The molecular weight excluding hydrogens is 411 g/mol. The van der Waals surface area contributed by atoms with Gasteiger partial charge in [-0.25, -0.2) is 4.85 Å². The second-order valence-electron chi connectivity index (χ2n) is 7.14. The zero-order valence-corrected chi connectivity index (χ0v) is 17.5. The van der Waals surface area contributed by atoms with Crippen molar-refractivity contribution in [1.29, 1.82) is 0 Å². The van der Waals surface area contributed by atoms with E-state index in [4.69, 9.17) is 29.8 Å². The second kappa shape index (κ2) is 7.90. The fourth-order valence-electron chi connectivity index (χ4n) is 3.44. The summed E-state index contributed by atoms with van der Waals surface area (Å²) in [6.45, 7) is 12.5. The van der Waals surface area contributed by atoms with Gasteiger partial charge in [-0.2, -0.15) is 0 Å². The number of carbonyl (C=O) groups is 2. The van der Waals surface area contributed by atoms with Crippen LogP contribution in [0.15, 0.2) is 47.7 Å². The molecule has 2 aromatic rings. The van der Waals surface area contributed by atoms with Crippen LogP contribution in [0.1, 0.15) is 31.0 Å². The Hall–Kier alpha value is -2.81. The lowest BCUT2D eigenvalue weighted by atomic mass is 9.89. The van der Waals surface area contributed by atoms with Crippen LogP contribution >= 0.6 is 23.2 Å². The minimum atomic E-state index is -0.855. The van der Waals surface area contributed by atoms with E-state index in [0.717, 1.165) is 5.56 Å². The van der Waals surface area contributed by atoms with E-state index in [0.29, 0.717) is 16.3 Å². The number of amides is 1. The third kappa shape index (κ3) is 3.74. The molecule has 29 heavy (non-hydrogen) atoms. The molecule has 7 heteroatoms. The van der Waals surface area contributed by atoms with E-state index in [1.54, 1.807) is 32.0 Å². The van der Waals surface area contributed by atoms with Crippen molar-refractivity contribution < 1.29 is 14.7 Å². The highest BCUT2D eigenvalue weighted by Gasteiger charge is 2.45. The van der Waals surface area contributed by atoms with Crippen molar-refractivity contribution in [3.63, 3.8) is 0 Å². The Morgan fingerprint density at radius 1 is 1.17 bits per heavy atom. The topological polar surface area (TPSA) is 62.0 Å².